The summed E-state index contributed by atoms with van der Waals surface area (Å²) in [4.78, 5) is 36.0. The average molecular weight is 340 g/mol. The molecule has 2 aliphatic heterocycles. The van der Waals surface area contributed by atoms with Gasteiger partial charge in [-0.2, -0.15) is 0 Å². The molecule has 1 aromatic carbocycles. The number of ether oxygens (including phenoxy) is 3. The van der Waals surface area contributed by atoms with Gasteiger partial charge in [-0.15, -0.1) is 0 Å². The molecule has 0 radical (unpaired) electrons. The van der Waals surface area contributed by atoms with Crippen LogP contribution in [0.5, 0.6) is 5.75 Å². The van der Waals surface area contributed by atoms with Crippen LogP contribution in [0.1, 0.15) is 5.56 Å². The van der Waals surface area contributed by atoms with Crippen LogP contribution in [0.2, 0.25) is 5.02 Å². The largest absolute Gasteiger partial charge is 0.492 e. The number of carbonyl (C=O) groups excluding carboxylic acids is 3. The Morgan fingerprint density at radius 1 is 1.35 bits per heavy atom. The number of amides is 2. The van der Waals surface area contributed by atoms with Crippen LogP contribution in [0, 0.1) is 5.92 Å². The molecule has 3 rings (SSSR count). The average Bonchev–Trinajstić information content (AvgIpc) is 2.97. The van der Waals surface area contributed by atoms with E-state index < -0.39 is 30.5 Å². The first-order valence-electron chi connectivity index (χ1n) is 7.09. The SMILES string of the molecule is O=C(OCC(=O)N1CCOC1=O)[C@H]1COc2ccc(Cl)cc2C1. The zero-order chi connectivity index (χ0) is 16.4. The van der Waals surface area contributed by atoms with Crippen LogP contribution in [-0.2, 0) is 25.5 Å². The minimum Gasteiger partial charge on any atom is -0.492 e. The molecule has 2 aliphatic rings. The first kappa shape index (κ1) is 15.6. The molecule has 2 amide bonds. The van der Waals surface area contributed by atoms with E-state index in [2.05, 4.69) is 4.74 Å². The van der Waals surface area contributed by atoms with Crippen LogP contribution < -0.4 is 4.74 Å². The van der Waals surface area contributed by atoms with Crippen molar-refractivity contribution in [1.29, 1.82) is 0 Å². The maximum absolute atomic E-state index is 12.1. The first-order valence-corrected chi connectivity index (χ1v) is 7.47. The number of rotatable bonds is 3. The molecule has 7 nitrogen and oxygen atoms in total. The molecule has 0 spiro atoms. The molecule has 1 saturated heterocycles. The van der Waals surface area contributed by atoms with Crippen LogP contribution in [-0.4, -0.2) is 49.2 Å². The second-order valence-corrected chi connectivity index (χ2v) is 5.67. The number of cyclic esters (lactones) is 1. The van der Waals surface area contributed by atoms with E-state index in [1.165, 1.54) is 0 Å². The number of nitrogens with zero attached hydrogens (tertiary/aromatic N) is 1. The fraction of sp³-hybridized carbons (Fsp3) is 0.400. The van der Waals surface area contributed by atoms with Gasteiger partial charge < -0.3 is 14.2 Å². The van der Waals surface area contributed by atoms with Crippen LogP contribution in [0.15, 0.2) is 18.2 Å². The molecule has 8 heteroatoms. The first-order chi connectivity index (χ1) is 11.0. The van der Waals surface area contributed by atoms with Crippen molar-refractivity contribution in [3.05, 3.63) is 28.8 Å². The molecule has 1 atom stereocenters. The lowest BCUT2D eigenvalue weighted by Crippen LogP contribution is -2.37. The third-order valence-electron chi connectivity index (χ3n) is 3.66. The summed E-state index contributed by atoms with van der Waals surface area (Å²) in [5.41, 5.74) is 0.820. The summed E-state index contributed by atoms with van der Waals surface area (Å²) in [6, 6.07) is 5.20. The molecule has 1 fully saturated rings. The van der Waals surface area contributed by atoms with Gasteiger partial charge in [0.25, 0.3) is 5.91 Å². The van der Waals surface area contributed by atoms with Crippen molar-refractivity contribution in [2.75, 3.05) is 26.4 Å². The van der Waals surface area contributed by atoms with E-state index in [4.69, 9.17) is 21.1 Å². The third-order valence-corrected chi connectivity index (χ3v) is 3.90. The monoisotopic (exact) mass is 339 g/mol. The topological polar surface area (TPSA) is 82.1 Å². The molecule has 0 aromatic heterocycles. The Morgan fingerprint density at radius 3 is 2.91 bits per heavy atom. The van der Waals surface area contributed by atoms with Crippen LogP contribution >= 0.6 is 11.6 Å². The number of esters is 1. The number of benzene rings is 1. The lowest BCUT2D eigenvalue weighted by atomic mass is 9.97. The van der Waals surface area contributed by atoms with Gasteiger partial charge in [0.15, 0.2) is 6.61 Å². The molecule has 2 heterocycles. The summed E-state index contributed by atoms with van der Waals surface area (Å²) in [7, 11) is 0. The Morgan fingerprint density at radius 2 is 2.17 bits per heavy atom. The van der Waals surface area contributed by atoms with Crippen molar-refractivity contribution in [3.8, 4) is 5.75 Å². The predicted octanol–water partition coefficient (Wildman–Crippen LogP) is 1.41. The van der Waals surface area contributed by atoms with E-state index in [1.807, 2.05) is 0 Å². The van der Waals surface area contributed by atoms with Gasteiger partial charge in [0.05, 0.1) is 12.5 Å². The van der Waals surface area contributed by atoms with Crippen LogP contribution in [0.4, 0.5) is 4.79 Å². The molecule has 23 heavy (non-hydrogen) atoms. The van der Waals surface area contributed by atoms with Gasteiger partial charge in [-0.05, 0) is 30.2 Å². The van der Waals surface area contributed by atoms with E-state index in [0.29, 0.717) is 17.2 Å². The molecule has 0 bridgehead atoms. The van der Waals surface area contributed by atoms with Gasteiger partial charge in [0.1, 0.15) is 19.0 Å². The highest BCUT2D eigenvalue weighted by Gasteiger charge is 2.31. The van der Waals surface area contributed by atoms with E-state index in [1.54, 1.807) is 18.2 Å². The molecule has 0 aliphatic carbocycles. The zero-order valence-electron chi connectivity index (χ0n) is 12.1. The van der Waals surface area contributed by atoms with E-state index >= 15 is 0 Å². The predicted molar refractivity (Wildman–Crippen MR) is 78.2 cm³/mol. The molecular weight excluding hydrogens is 326 g/mol. The maximum atomic E-state index is 12.1. The summed E-state index contributed by atoms with van der Waals surface area (Å²) < 4.78 is 15.2. The quantitative estimate of drug-likeness (QED) is 0.774. The van der Waals surface area contributed by atoms with Crippen LogP contribution in [0.25, 0.3) is 0 Å². The minimum atomic E-state index is -0.712. The lowest BCUT2D eigenvalue weighted by Gasteiger charge is -2.24. The fourth-order valence-corrected chi connectivity index (χ4v) is 2.66. The van der Waals surface area contributed by atoms with Crippen molar-refractivity contribution in [2.45, 2.75) is 6.42 Å². The highest BCUT2D eigenvalue weighted by molar-refractivity contribution is 6.30. The Labute approximate surface area is 137 Å². The Bertz CT molecular complexity index is 661. The number of imide groups is 1. The van der Waals surface area contributed by atoms with Gasteiger partial charge in [0.2, 0.25) is 0 Å². The Hall–Kier alpha value is -2.28. The fourth-order valence-electron chi connectivity index (χ4n) is 2.46. The number of halogens is 1. The number of hydrogen-bond donors (Lipinski definition) is 0. The smallest absolute Gasteiger partial charge is 0.416 e. The normalized spacial score (nSPS) is 19.6. The van der Waals surface area contributed by atoms with Crippen LogP contribution in [0.3, 0.4) is 0 Å². The maximum Gasteiger partial charge on any atom is 0.416 e. The number of carbonyl (C=O) groups is 3. The van der Waals surface area contributed by atoms with E-state index in [-0.39, 0.29) is 19.8 Å². The van der Waals surface area contributed by atoms with E-state index in [9.17, 15) is 14.4 Å². The van der Waals surface area contributed by atoms with Crippen molar-refractivity contribution < 1.29 is 28.6 Å². The van der Waals surface area contributed by atoms with Gasteiger partial charge in [-0.3, -0.25) is 9.59 Å². The third kappa shape index (κ3) is 3.39. The summed E-state index contributed by atoms with van der Waals surface area (Å²) in [5, 5.41) is 0.559. The zero-order valence-corrected chi connectivity index (χ0v) is 12.9. The van der Waals surface area contributed by atoms with Crippen molar-refractivity contribution in [3.63, 3.8) is 0 Å². The standard InChI is InChI=1S/C15H14ClNO6/c16-11-1-2-12-9(6-11)5-10(7-22-12)14(19)23-8-13(18)17-3-4-21-15(17)20/h1-2,6,10H,3-5,7-8H2/t10-/m1/s1. The Kier molecular flexibility index (Phi) is 4.38. The van der Waals surface area contributed by atoms with Crippen molar-refractivity contribution in [2.24, 2.45) is 5.92 Å². The van der Waals surface area contributed by atoms with E-state index in [0.717, 1.165) is 10.5 Å². The molecule has 0 unspecified atom stereocenters. The lowest BCUT2D eigenvalue weighted by molar-refractivity contribution is -0.155. The van der Waals surface area contributed by atoms with Gasteiger partial charge in [0, 0.05) is 5.02 Å². The highest BCUT2D eigenvalue weighted by atomic mass is 35.5. The second kappa shape index (κ2) is 6.45. The number of hydrogen-bond acceptors (Lipinski definition) is 6. The van der Waals surface area contributed by atoms with Crippen molar-refractivity contribution >= 4 is 29.6 Å². The molecule has 0 saturated carbocycles. The minimum absolute atomic E-state index is 0.159. The van der Waals surface area contributed by atoms with Gasteiger partial charge >= 0.3 is 12.1 Å². The number of fused-ring (bicyclic) bond motifs is 1. The second-order valence-electron chi connectivity index (χ2n) is 5.23. The van der Waals surface area contributed by atoms with Gasteiger partial charge in [-0.25, -0.2) is 9.69 Å². The highest BCUT2D eigenvalue weighted by Crippen LogP contribution is 2.30. The Balaban J connectivity index is 1.55. The summed E-state index contributed by atoms with van der Waals surface area (Å²) in [6.45, 7) is 0.0143. The summed E-state index contributed by atoms with van der Waals surface area (Å²) >= 11 is 5.93. The summed E-state index contributed by atoms with van der Waals surface area (Å²) in [5.74, 6) is -0.966. The summed E-state index contributed by atoms with van der Waals surface area (Å²) in [6.07, 6.45) is -0.287. The van der Waals surface area contributed by atoms with Gasteiger partial charge in [-0.1, -0.05) is 11.6 Å². The molecule has 1 aromatic rings. The molecule has 122 valence electrons. The molecular formula is C15H14ClNO6. The molecule has 0 N–H and O–H groups in total. The van der Waals surface area contributed by atoms with Crippen molar-refractivity contribution in [1.82, 2.24) is 4.90 Å².